The smallest absolute Gasteiger partial charge is 0.224 e. The molecule has 1 atom stereocenters. The summed E-state index contributed by atoms with van der Waals surface area (Å²) in [6.07, 6.45) is 1.72. The van der Waals surface area contributed by atoms with Crippen molar-refractivity contribution in [1.29, 1.82) is 0 Å². The molecule has 1 aliphatic rings. The van der Waals surface area contributed by atoms with Crippen LogP contribution in [0.5, 0.6) is 0 Å². The molecule has 16 heavy (non-hydrogen) atoms. The highest BCUT2D eigenvalue weighted by atomic mass is 32.2. The van der Waals surface area contributed by atoms with Crippen LogP contribution in [-0.4, -0.2) is 37.4 Å². The van der Waals surface area contributed by atoms with Gasteiger partial charge in [0, 0.05) is 6.54 Å². The third-order valence-corrected chi connectivity index (χ3v) is 4.47. The Morgan fingerprint density at radius 2 is 2.19 bits per heavy atom. The maximum atomic E-state index is 11.5. The Morgan fingerprint density at radius 3 is 2.69 bits per heavy atom. The summed E-state index contributed by atoms with van der Waals surface area (Å²) in [7, 11) is -2.99. The molecule has 92 valence electrons. The molecule has 1 amide bonds. The Bertz CT molecular complexity index is 378. The summed E-state index contributed by atoms with van der Waals surface area (Å²) >= 11 is 4.70. The van der Waals surface area contributed by atoms with Crippen molar-refractivity contribution >= 4 is 33.0 Å². The Morgan fingerprint density at radius 1 is 1.50 bits per heavy atom. The van der Waals surface area contributed by atoms with E-state index in [1.54, 1.807) is 0 Å². The molecule has 3 N–H and O–H groups in total. The normalized spacial score (nSPS) is 22.9. The van der Waals surface area contributed by atoms with Crippen LogP contribution >= 0.6 is 12.2 Å². The van der Waals surface area contributed by atoms with Crippen LogP contribution in [0.2, 0.25) is 0 Å². The topological polar surface area (TPSA) is 89.3 Å². The van der Waals surface area contributed by atoms with Crippen LogP contribution in [0.25, 0.3) is 0 Å². The first-order valence-electron chi connectivity index (χ1n) is 5.17. The molecule has 0 saturated carbocycles. The summed E-state index contributed by atoms with van der Waals surface area (Å²) in [6.45, 7) is 0.493. The van der Waals surface area contributed by atoms with Crippen LogP contribution in [0.1, 0.15) is 19.3 Å². The number of carbonyl (C=O) groups is 1. The zero-order valence-electron chi connectivity index (χ0n) is 8.94. The summed E-state index contributed by atoms with van der Waals surface area (Å²) in [5, 5.41) is 2.70. The van der Waals surface area contributed by atoms with Crippen LogP contribution in [-0.2, 0) is 14.6 Å². The predicted octanol–water partition coefficient (Wildman–Crippen LogP) is -0.396. The van der Waals surface area contributed by atoms with E-state index in [4.69, 9.17) is 18.0 Å². The number of hydrogen-bond acceptors (Lipinski definition) is 4. The fourth-order valence-electron chi connectivity index (χ4n) is 1.62. The van der Waals surface area contributed by atoms with Crippen molar-refractivity contribution < 1.29 is 13.2 Å². The third-order valence-electron chi connectivity index (χ3n) is 2.50. The first-order valence-corrected chi connectivity index (χ1v) is 7.40. The second-order valence-electron chi connectivity index (χ2n) is 3.96. The first kappa shape index (κ1) is 13.4. The lowest BCUT2D eigenvalue weighted by atomic mass is 10.1. The van der Waals surface area contributed by atoms with Crippen LogP contribution in [0.4, 0.5) is 0 Å². The van der Waals surface area contributed by atoms with E-state index in [2.05, 4.69) is 5.32 Å². The zero-order valence-corrected chi connectivity index (χ0v) is 10.6. The van der Waals surface area contributed by atoms with E-state index in [0.29, 0.717) is 30.8 Å². The van der Waals surface area contributed by atoms with Crippen molar-refractivity contribution in [3.05, 3.63) is 0 Å². The van der Waals surface area contributed by atoms with Gasteiger partial charge in [-0.2, -0.15) is 0 Å². The highest BCUT2D eigenvalue weighted by molar-refractivity contribution is 7.91. The van der Waals surface area contributed by atoms with Gasteiger partial charge in [-0.1, -0.05) is 12.2 Å². The van der Waals surface area contributed by atoms with Gasteiger partial charge in [-0.15, -0.1) is 0 Å². The molecule has 1 fully saturated rings. The molecular weight excluding hydrogens is 248 g/mol. The highest BCUT2D eigenvalue weighted by Gasteiger charge is 2.32. The van der Waals surface area contributed by atoms with Crippen molar-refractivity contribution in [2.45, 2.75) is 19.3 Å². The van der Waals surface area contributed by atoms with Crippen molar-refractivity contribution in [2.24, 2.45) is 11.7 Å². The fraction of sp³-hybridized carbons (Fsp3) is 0.778. The molecule has 0 aliphatic carbocycles. The average molecular weight is 264 g/mol. The van der Waals surface area contributed by atoms with Gasteiger partial charge in [0.2, 0.25) is 5.91 Å². The monoisotopic (exact) mass is 264 g/mol. The summed E-state index contributed by atoms with van der Waals surface area (Å²) in [6, 6.07) is 0. The largest absolute Gasteiger partial charge is 0.393 e. The molecule has 0 aromatic rings. The highest BCUT2D eigenvalue weighted by Crippen LogP contribution is 2.18. The van der Waals surface area contributed by atoms with Crippen LogP contribution in [0.3, 0.4) is 0 Å². The van der Waals surface area contributed by atoms with Crippen LogP contribution < -0.4 is 11.1 Å². The minimum Gasteiger partial charge on any atom is -0.393 e. The second kappa shape index (κ2) is 5.58. The van der Waals surface area contributed by atoms with Crippen LogP contribution in [0.15, 0.2) is 0 Å². The molecule has 1 saturated heterocycles. The van der Waals surface area contributed by atoms with Crippen molar-refractivity contribution in [3.63, 3.8) is 0 Å². The fourth-order valence-corrected chi connectivity index (χ4v) is 3.51. The minimum absolute atomic E-state index is 0.0197. The van der Waals surface area contributed by atoms with Gasteiger partial charge < -0.3 is 11.1 Å². The Balaban J connectivity index is 2.24. The average Bonchev–Trinajstić information content (AvgIpc) is 2.53. The Hall–Kier alpha value is -0.690. The van der Waals surface area contributed by atoms with E-state index in [-0.39, 0.29) is 23.3 Å². The maximum Gasteiger partial charge on any atom is 0.224 e. The Labute approximate surface area is 101 Å². The molecule has 0 spiro atoms. The quantitative estimate of drug-likeness (QED) is 0.521. The summed E-state index contributed by atoms with van der Waals surface area (Å²) in [5.41, 5.74) is 5.31. The molecule has 7 heteroatoms. The van der Waals surface area contributed by atoms with Crippen molar-refractivity contribution in [1.82, 2.24) is 5.32 Å². The molecule has 0 aromatic heterocycles. The van der Waals surface area contributed by atoms with Gasteiger partial charge in [0.05, 0.1) is 22.4 Å². The Kier molecular flexibility index (Phi) is 4.67. The summed E-state index contributed by atoms with van der Waals surface area (Å²) < 4.78 is 22.3. The van der Waals surface area contributed by atoms with Gasteiger partial charge in [0.1, 0.15) is 0 Å². The van der Waals surface area contributed by atoms with Gasteiger partial charge >= 0.3 is 0 Å². The third kappa shape index (κ3) is 4.44. The van der Waals surface area contributed by atoms with Gasteiger partial charge in [0.25, 0.3) is 0 Å². The molecule has 1 rings (SSSR count). The molecule has 0 aromatic carbocycles. The molecule has 0 radical (unpaired) electrons. The summed E-state index contributed by atoms with van der Waals surface area (Å²) in [4.78, 5) is 12.0. The minimum atomic E-state index is -2.99. The van der Waals surface area contributed by atoms with Crippen molar-refractivity contribution in [3.8, 4) is 0 Å². The van der Waals surface area contributed by atoms with Gasteiger partial charge in [-0.25, -0.2) is 8.42 Å². The van der Waals surface area contributed by atoms with E-state index in [1.165, 1.54) is 0 Å². The number of carbonyl (C=O) groups excluding carboxylic acids is 1. The SMILES string of the molecule is NC(=S)CCCNC(=O)C1CCS(=O)(=O)C1. The lowest BCUT2D eigenvalue weighted by molar-refractivity contribution is -0.124. The van der Waals surface area contributed by atoms with E-state index < -0.39 is 9.84 Å². The molecule has 0 bridgehead atoms. The number of hydrogen-bond donors (Lipinski definition) is 2. The number of nitrogens with one attached hydrogen (secondary N) is 1. The standard InChI is InChI=1S/C9H16N2O3S2/c10-8(15)2-1-4-11-9(12)7-3-5-16(13,14)6-7/h7H,1-6H2,(H2,10,15)(H,11,12). The van der Waals surface area contributed by atoms with Crippen molar-refractivity contribution in [2.75, 3.05) is 18.1 Å². The van der Waals surface area contributed by atoms with E-state index in [9.17, 15) is 13.2 Å². The number of nitrogens with two attached hydrogens (primary N) is 1. The first-order chi connectivity index (χ1) is 7.41. The zero-order chi connectivity index (χ0) is 12.2. The molecule has 1 heterocycles. The molecule has 1 unspecified atom stereocenters. The molecule has 1 aliphatic heterocycles. The number of thiocarbonyl (C=S) groups is 1. The molecular formula is C9H16N2O3S2. The number of sulfone groups is 1. The summed E-state index contributed by atoms with van der Waals surface area (Å²) in [5.74, 6) is -0.453. The number of rotatable bonds is 5. The van der Waals surface area contributed by atoms with Crippen LogP contribution in [0, 0.1) is 5.92 Å². The van der Waals surface area contributed by atoms with Gasteiger partial charge in [-0.3, -0.25) is 4.79 Å². The predicted molar refractivity (Wildman–Crippen MR) is 65.8 cm³/mol. The maximum absolute atomic E-state index is 11.5. The van der Waals surface area contributed by atoms with E-state index in [0.717, 1.165) is 0 Å². The lowest BCUT2D eigenvalue weighted by Gasteiger charge is -2.08. The van der Waals surface area contributed by atoms with E-state index >= 15 is 0 Å². The number of amides is 1. The lowest BCUT2D eigenvalue weighted by Crippen LogP contribution is -2.32. The van der Waals surface area contributed by atoms with E-state index in [1.807, 2.05) is 0 Å². The second-order valence-corrected chi connectivity index (χ2v) is 6.71. The molecule has 5 nitrogen and oxygen atoms in total. The van der Waals surface area contributed by atoms with Gasteiger partial charge in [-0.05, 0) is 19.3 Å². The van der Waals surface area contributed by atoms with Gasteiger partial charge in [0.15, 0.2) is 9.84 Å².